The summed E-state index contributed by atoms with van der Waals surface area (Å²) in [6, 6.07) is 1.25. The Bertz CT molecular complexity index is 1020. The molecule has 1 aromatic carbocycles. The Balaban J connectivity index is 1.64. The molecule has 0 bridgehead atoms. The van der Waals surface area contributed by atoms with Crippen LogP contribution < -0.4 is 4.90 Å². The Hall–Kier alpha value is -2.88. The quantitative estimate of drug-likeness (QED) is 0.766. The minimum atomic E-state index is -1.34. The van der Waals surface area contributed by atoms with Crippen LogP contribution in [0.25, 0.3) is 10.9 Å². The molecule has 2 saturated heterocycles. The first-order valence-electron chi connectivity index (χ1n) is 10.9. The molecule has 0 spiro atoms. The minimum Gasteiger partial charge on any atom is -0.478 e. The molecule has 1 unspecified atom stereocenters. The van der Waals surface area contributed by atoms with E-state index in [0.717, 1.165) is 12.8 Å². The van der Waals surface area contributed by atoms with Crippen molar-refractivity contribution >= 4 is 28.7 Å². The van der Waals surface area contributed by atoms with Crippen LogP contribution in [-0.2, 0) is 9.47 Å². The van der Waals surface area contributed by atoms with Gasteiger partial charge in [0.05, 0.1) is 17.4 Å². The van der Waals surface area contributed by atoms with Crippen LogP contribution in [0.5, 0.6) is 0 Å². The molecular weight excluding hydrogens is 419 g/mol. The van der Waals surface area contributed by atoms with Gasteiger partial charge in [-0.15, -0.1) is 0 Å². The predicted molar refractivity (Wildman–Crippen MR) is 116 cm³/mol. The number of carboxylic acid groups (broad SMARTS) is 1. The van der Waals surface area contributed by atoms with Crippen LogP contribution in [0.1, 0.15) is 56.6 Å². The maximum absolute atomic E-state index is 15.0. The Labute approximate surface area is 185 Å². The molecule has 4 rings (SSSR count). The van der Waals surface area contributed by atoms with Crippen molar-refractivity contribution in [3.8, 4) is 0 Å². The van der Waals surface area contributed by atoms with Gasteiger partial charge in [-0.2, -0.15) is 5.10 Å². The van der Waals surface area contributed by atoms with Gasteiger partial charge in [-0.05, 0) is 46.1 Å². The van der Waals surface area contributed by atoms with E-state index in [1.807, 2.05) is 25.7 Å². The molecule has 174 valence electrons. The summed E-state index contributed by atoms with van der Waals surface area (Å²) in [5.74, 6) is -2.15. The lowest BCUT2D eigenvalue weighted by Gasteiger charge is -2.37. The van der Waals surface area contributed by atoms with Crippen LogP contribution >= 0.6 is 0 Å². The van der Waals surface area contributed by atoms with E-state index in [4.69, 9.17) is 9.47 Å². The highest BCUT2D eigenvalue weighted by Gasteiger charge is 2.30. The van der Waals surface area contributed by atoms with E-state index in [2.05, 4.69) is 5.10 Å². The number of hydrogen-bond donors (Lipinski definition) is 1. The summed E-state index contributed by atoms with van der Waals surface area (Å²) in [5.41, 5.74) is -0.184. The maximum Gasteiger partial charge on any atom is 0.410 e. The number of rotatable bonds is 3. The van der Waals surface area contributed by atoms with E-state index >= 15 is 4.39 Å². The third-order valence-corrected chi connectivity index (χ3v) is 5.72. The number of halogens is 1. The van der Waals surface area contributed by atoms with Gasteiger partial charge < -0.3 is 24.4 Å². The summed E-state index contributed by atoms with van der Waals surface area (Å²) in [6.07, 6.45) is 3.34. The number of carbonyl (C=O) groups is 2. The van der Waals surface area contributed by atoms with Crippen LogP contribution in [-0.4, -0.2) is 70.2 Å². The summed E-state index contributed by atoms with van der Waals surface area (Å²) in [6.45, 7) is 7.77. The van der Waals surface area contributed by atoms with Crippen LogP contribution in [0, 0.1) is 5.82 Å². The molecule has 0 radical (unpaired) electrons. The number of aromatic nitrogens is 2. The lowest BCUT2D eigenvalue weighted by molar-refractivity contribution is -0.0367. The van der Waals surface area contributed by atoms with Crippen molar-refractivity contribution in [3.63, 3.8) is 0 Å². The maximum atomic E-state index is 15.0. The number of fused-ring (bicyclic) bond motifs is 1. The summed E-state index contributed by atoms with van der Waals surface area (Å²) < 4.78 is 27.7. The van der Waals surface area contributed by atoms with Gasteiger partial charge in [-0.3, -0.25) is 0 Å². The van der Waals surface area contributed by atoms with Crippen LogP contribution in [0.15, 0.2) is 12.3 Å². The molecule has 3 heterocycles. The first-order chi connectivity index (χ1) is 15.2. The first kappa shape index (κ1) is 22.3. The fourth-order valence-corrected chi connectivity index (χ4v) is 4.24. The number of nitrogens with zero attached hydrogens (tertiary/aromatic N) is 4. The zero-order valence-corrected chi connectivity index (χ0v) is 18.6. The molecule has 1 amide bonds. The number of aromatic carboxylic acids is 1. The number of benzene rings is 1. The third kappa shape index (κ3) is 4.36. The summed E-state index contributed by atoms with van der Waals surface area (Å²) in [4.78, 5) is 27.8. The van der Waals surface area contributed by atoms with Crippen molar-refractivity contribution in [2.75, 3.05) is 37.7 Å². The van der Waals surface area contributed by atoms with Crippen molar-refractivity contribution in [1.29, 1.82) is 0 Å². The highest BCUT2D eigenvalue weighted by Crippen LogP contribution is 2.35. The molecule has 32 heavy (non-hydrogen) atoms. The van der Waals surface area contributed by atoms with Gasteiger partial charge in [0.15, 0.2) is 6.23 Å². The number of piperazine rings is 1. The van der Waals surface area contributed by atoms with Gasteiger partial charge in [0, 0.05) is 38.2 Å². The fraction of sp³-hybridized carbons (Fsp3) is 0.591. The molecule has 2 aromatic rings. The van der Waals surface area contributed by atoms with E-state index in [0.29, 0.717) is 50.3 Å². The predicted octanol–water partition coefficient (Wildman–Crippen LogP) is 3.63. The molecule has 9 nitrogen and oxygen atoms in total. The van der Waals surface area contributed by atoms with Gasteiger partial charge in [0.2, 0.25) is 0 Å². The van der Waals surface area contributed by atoms with E-state index in [9.17, 15) is 14.7 Å². The van der Waals surface area contributed by atoms with Gasteiger partial charge >= 0.3 is 12.1 Å². The van der Waals surface area contributed by atoms with E-state index in [-0.39, 0.29) is 11.6 Å². The number of carboxylic acids is 1. The minimum absolute atomic E-state index is 0.231. The highest BCUT2D eigenvalue weighted by molar-refractivity contribution is 6.06. The lowest BCUT2D eigenvalue weighted by Crippen LogP contribution is -2.50. The number of hydrogen-bond acceptors (Lipinski definition) is 6. The summed E-state index contributed by atoms with van der Waals surface area (Å²) in [5, 5.41) is 14.7. The second-order valence-electron chi connectivity index (χ2n) is 9.18. The fourth-order valence-electron chi connectivity index (χ4n) is 4.24. The van der Waals surface area contributed by atoms with Crippen molar-refractivity contribution in [2.45, 2.75) is 51.9 Å². The van der Waals surface area contributed by atoms with Crippen molar-refractivity contribution in [1.82, 2.24) is 14.7 Å². The number of carbonyl (C=O) groups excluding carboxylic acids is 1. The third-order valence-electron chi connectivity index (χ3n) is 5.72. The monoisotopic (exact) mass is 448 g/mol. The zero-order valence-electron chi connectivity index (χ0n) is 18.6. The van der Waals surface area contributed by atoms with Crippen LogP contribution in [0.3, 0.4) is 0 Å². The van der Waals surface area contributed by atoms with E-state index < -0.39 is 29.2 Å². The number of anilines is 1. The van der Waals surface area contributed by atoms with Gasteiger partial charge in [0.1, 0.15) is 17.0 Å². The standard InChI is InChI=1S/C22H29FN4O5/c1-22(2,3)32-21(30)26-9-7-25(8-10-26)16-12-15(23)18(20(28)29)19-14(16)13-24-27(19)17-6-4-5-11-31-17/h12-13,17H,4-11H2,1-3H3,(H,28,29). The number of ether oxygens (including phenoxy) is 2. The first-order valence-corrected chi connectivity index (χ1v) is 10.9. The average Bonchev–Trinajstić information content (AvgIpc) is 3.17. The van der Waals surface area contributed by atoms with E-state index in [1.54, 1.807) is 11.1 Å². The van der Waals surface area contributed by atoms with Crippen molar-refractivity contribution < 1.29 is 28.6 Å². The molecule has 2 fully saturated rings. The van der Waals surface area contributed by atoms with Crippen LogP contribution in [0.2, 0.25) is 0 Å². The summed E-state index contributed by atoms with van der Waals surface area (Å²) in [7, 11) is 0. The highest BCUT2D eigenvalue weighted by atomic mass is 19.1. The van der Waals surface area contributed by atoms with Gasteiger partial charge in [-0.1, -0.05) is 0 Å². The number of amides is 1. The van der Waals surface area contributed by atoms with Crippen LogP contribution in [0.4, 0.5) is 14.9 Å². The molecular formula is C22H29FN4O5. The Morgan fingerprint density at radius 2 is 1.94 bits per heavy atom. The van der Waals surface area contributed by atoms with Crippen molar-refractivity contribution in [2.24, 2.45) is 0 Å². The molecule has 1 aromatic heterocycles. The SMILES string of the molecule is CC(C)(C)OC(=O)N1CCN(c2cc(F)c(C(=O)O)c3c2cnn3C2CCCCO2)CC1. The van der Waals surface area contributed by atoms with Gasteiger partial charge in [-0.25, -0.2) is 18.7 Å². The molecule has 0 saturated carbocycles. The molecule has 2 aliphatic heterocycles. The van der Waals surface area contributed by atoms with E-state index in [1.165, 1.54) is 10.7 Å². The largest absolute Gasteiger partial charge is 0.478 e. The second kappa shape index (κ2) is 8.57. The molecule has 10 heteroatoms. The van der Waals surface area contributed by atoms with Crippen molar-refractivity contribution in [3.05, 3.63) is 23.6 Å². The zero-order chi connectivity index (χ0) is 23.0. The smallest absolute Gasteiger partial charge is 0.410 e. The summed E-state index contributed by atoms with van der Waals surface area (Å²) >= 11 is 0. The molecule has 1 atom stereocenters. The molecule has 1 N–H and O–H groups in total. The second-order valence-corrected chi connectivity index (χ2v) is 9.18. The Morgan fingerprint density at radius 1 is 1.22 bits per heavy atom. The molecule has 0 aliphatic carbocycles. The topological polar surface area (TPSA) is 97.1 Å². The Morgan fingerprint density at radius 3 is 2.53 bits per heavy atom. The lowest BCUT2D eigenvalue weighted by atomic mass is 10.1. The Kier molecular flexibility index (Phi) is 5.98. The molecule has 2 aliphatic rings. The normalized spacial score (nSPS) is 19.9. The van der Waals surface area contributed by atoms with Gasteiger partial charge in [0.25, 0.3) is 0 Å². The average molecular weight is 448 g/mol.